The summed E-state index contributed by atoms with van der Waals surface area (Å²) in [4.78, 5) is 11.3. The van der Waals surface area contributed by atoms with E-state index in [1.165, 1.54) is 7.11 Å². The highest BCUT2D eigenvalue weighted by Crippen LogP contribution is 2.40. The van der Waals surface area contributed by atoms with Crippen molar-refractivity contribution < 1.29 is 14.6 Å². The fourth-order valence-electron chi connectivity index (χ4n) is 2.37. The van der Waals surface area contributed by atoms with Gasteiger partial charge in [-0.05, 0) is 24.1 Å². The molecule has 1 saturated carbocycles. The fraction of sp³-hybridized carbons (Fsp3) is 0.533. The highest BCUT2D eigenvalue weighted by atomic mass is 16.5. The van der Waals surface area contributed by atoms with Gasteiger partial charge in [-0.2, -0.15) is 0 Å². The van der Waals surface area contributed by atoms with Crippen molar-refractivity contribution in [3.63, 3.8) is 0 Å². The van der Waals surface area contributed by atoms with Gasteiger partial charge in [0, 0.05) is 18.0 Å². The average Bonchev–Trinajstić information content (AvgIpc) is 2.43. The van der Waals surface area contributed by atoms with Gasteiger partial charge in [-0.3, -0.25) is 0 Å². The molecule has 0 spiro atoms. The molecule has 2 N–H and O–H groups in total. The lowest BCUT2D eigenvalue weighted by Crippen LogP contribution is -2.59. The van der Waals surface area contributed by atoms with Crippen LogP contribution in [0.4, 0.5) is 0 Å². The number of aliphatic hydroxyl groups excluding tert-OH is 1. The van der Waals surface area contributed by atoms with Gasteiger partial charge < -0.3 is 15.2 Å². The summed E-state index contributed by atoms with van der Waals surface area (Å²) in [5.41, 5.74) is 1.61. The van der Waals surface area contributed by atoms with Gasteiger partial charge in [0.2, 0.25) is 0 Å². The van der Waals surface area contributed by atoms with Crippen LogP contribution in [0.25, 0.3) is 0 Å². The molecule has 1 aromatic carbocycles. The van der Waals surface area contributed by atoms with Crippen LogP contribution in [0.15, 0.2) is 24.3 Å². The second kappa shape index (κ2) is 5.31. The summed E-state index contributed by atoms with van der Waals surface area (Å²) in [5, 5.41) is 13.1. The van der Waals surface area contributed by atoms with Gasteiger partial charge in [-0.1, -0.05) is 26.0 Å². The first-order valence-electron chi connectivity index (χ1n) is 6.54. The van der Waals surface area contributed by atoms with Gasteiger partial charge in [0.15, 0.2) is 0 Å². The van der Waals surface area contributed by atoms with Crippen LogP contribution in [0.5, 0.6) is 0 Å². The minimum atomic E-state index is -0.317. The van der Waals surface area contributed by atoms with Crippen molar-refractivity contribution in [2.45, 2.75) is 39.0 Å². The van der Waals surface area contributed by atoms with E-state index in [0.717, 1.165) is 18.5 Å². The van der Waals surface area contributed by atoms with Crippen molar-refractivity contribution in [1.82, 2.24) is 5.32 Å². The molecule has 0 aromatic heterocycles. The molecule has 1 aromatic rings. The Hall–Kier alpha value is -1.39. The molecule has 0 bridgehead atoms. The monoisotopic (exact) mass is 263 g/mol. The topological polar surface area (TPSA) is 58.6 Å². The van der Waals surface area contributed by atoms with Gasteiger partial charge in [-0.25, -0.2) is 4.79 Å². The molecule has 0 heterocycles. The zero-order chi connectivity index (χ0) is 14.0. The summed E-state index contributed by atoms with van der Waals surface area (Å²) in [6, 6.07) is 7.71. The number of rotatable bonds is 4. The Morgan fingerprint density at radius 2 is 2.05 bits per heavy atom. The van der Waals surface area contributed by atoms with Gasteiger partial charge >= 0.3 is 5.97 Å². The molecule has 0 saturated heterocycles. The number of aliphatic hydroxyl groups is 1. The number of esters is 1. The lowest BCUT2D eigenvalue weighted by Gasteiger charge is -2.49. The molecule has 4 heteroatoms. The molecule has 4 nitrogen and oxygen atoms in total. The average molecular weight is 263 g/mol. The van der Waals surface area contributed by atoms with Crippen molar-refractivity contribution >= 4 is 5.97 Å². The molecule has 1 fully saturated rings. The SMILES string of the molecule is COC(=O)c1ccc(CNC2CC(O)C2(C)C)cc1. The summed E-state index contributed by atoms with van der Waals surface area (Å²) < 4.78 is 4.66. The summed E-state index contributed by atoms with van der Waals surface area (Å²) in [6.07, 6.45) is 0.583. The predicted molar refractivity (Wildman–Crippen MR) is 72.8 cm³/mol. The number of benzene rings is 1. The van der Waals surface area contributed by atoms with Crippen molar-refractivity contribution in [3.05, 3.63) is 35.4 Å². The first kappa shape index (κ1) is 14.0. The third-order valence-corrected chi connectivity index (χ3v) is 4.14. The lowest BCUT2D eigenvalue weighted by atomic mass is 9.64. The van der Waals surface area contributed by atoms with Crippen LogP contribution in [0.3, 0.4) is 0 Å². The highest BCUT2D eigenvalue weighted by molar-refractivity contribution is 5.89. The number of nitrogens with one attached hydrogen (secondary N) is 1. The van der Waals surface area contributed by atoms with Crippen LogP contribution in [0.1, 0.15) is 36.2 Å². The predicted octanol–water partition coefficient (Wildman–Crippen LogP) is 1.72. The molecule has 0 radical (unpaired) electrons. The normalized spacial score (nSPS) is 24.6. The molecule has 2 unspecified atom stereocenters. The number of carbonyl (C=O) groups excluding carboxylic acids is 1. The number of hydrogen-bond acceptors (Lipinski definition) is 4. The van der Waals surface area contributed by atoms with Crippen LogP contribution in [-0.2, 0) is 11.3 Å². The van der Waals surface area contributed by atoms with E-state index in [2.05, 4.69) is 23.9 Å². The van der Waals surface area contributed by atoms with Gasteiger partial charge in [-0.15, -0.1) is 0 Å². The molecular weight excluding hydrogens is 242 g/mol. The van der Waals surface area contributed by atoms with E-state index in [9.17, 15) is 9.90 Å². The zero-order valence-electron chi connectivity index (χ0n) is 11.6. The summed E-state index contributed by atoms with van der Waals surface area (Å²) >= 11 is 0. The Morgan fingerprint density at radius 3 is 2.53 bits per heavy atom. The lowest BCUT2D eigenvalue weighted by molar-refractivity contribution is -0.0729. The van der Waals surface area contributed by atoms with Crippen LogP contribution < -0.4 is 5.32 Å². The molecule has 104 valence electrons. The third kappa shape index (κ3) is 2.80. The van der Waals surface area contributed by atoms with E-state index in [4.69, 9.17) is 0 Å². The van der Waals surface area contributed by atoms with Crippen LogP contribution in [0, 0.1) is 5.41 Å². The smallest absolute Gasteiger partial charge is 0.337 e. The molecule has 1 aliphatic carbocycles. The first-order chi connectivity index (χ1) is 8.95. The summed E-state index contributed by atoms with van der Waals surface area (Å²) in [6.45, 7) is 4.88. The standard InChI is InChI=1S/C15H21NO3/c1-15(2)12(8-13(15)17)16-9-10-4-6-11(7-5-10)14(18)19-3/h4-7,12-13,16-17H,8-9H2,1-3H3. The molecule has 0 aliphatic heterocycles. The minimum absolute atomic E-state index is 0.0635. The Morgan fingerprint density at radius 1 is 1.42 bits per heavy atom. The number of ether oxygens (including phenoxy) is 1. The second-order valence-corrected chi connectivity index (χ2v) is 5.69. The van der Waals surface area contributed by atoms with E-state index in [0.29, 0.717) is 11.6 Å². The van der Waals surface area contributed by atoms with Crippen LogP contribution in [0.2, 0.25) is 0 Å². The maximum Gasteiger partial charge on any atom is 0.337 e. The second-order valence-electron chi connectivity index (χ2n) is 5.69. The summed E-state index contributed by atoms with van der Waals surface area (Å²) in [5.74, 6) is -0.317. The third-order valence-electron chi connectivity index (χ3n) is 4.14. The minimum Gasteiger partial charge on any atom is -0.465 e. The van der Waals surface area contributed by atoms with E-state index in [-0.39, 0.29) is 17.5 Å². The largest absolute Gasteiger partial charge is 0.465 e. The Balaban J connectivity index is 1.89. The van der Waals surface area contributed by atoms with Gasteiger partial charge in [0.1, 0.15) is 0 Å². The van der Waals surface area contributed by atoms with Gasteiger partial charge in [0.05, 0.1) is 18.8 Å². The fourth-order valence-corrected chi connectivity index (χ4v) is 2.37. The van der Waals surface area contributed by atoms with Crippen molar-refractivity contribution in [2.24, 2.45) is 5.41 Å². The molecule has 2 rings (SSSR count). The molecule has 19 heavy (non-hydrogen) atoms. The Bertz CT molecular complexity index is 453. The van der Waals surface area contributed by atoms with Gasteiger partial charge in [0.25, 0.3) is 0 Å². The van der Waals surface area contributed by atoms with Crippen LogP contribution in [-0.4, -0.2) is 30.3 Å². The number of methoxy groups -OCH3 is 1. The molecule has 1 aliphatic rings. The van der Waals surface area contributed by atoms with Crippen molar-refractivity contribution in [2.75, 3.05) is 7.11 Å². The van der Waals surface area contributed by atoms with Crippen molar-refractivity contribution in [1.29, 1.82) is 0 Å². The molecular formula is C15H21NO3. The maximum atomic E-state index is 11.3. The van der Waals surface area contributed by atoms with Crippen molar-refractivity contribution in [3.8, 4) is 0 Å². The van der Waals surface area contributed by atoms with E-state index in [1.807, 2.05) is 12.1 Å². The highest BCUT2D eigenvalue weighted by Gasteiger charge is 2.46. The maximum absolute atomic E-state index is 11.3. The quantitative estimate of drug-likeness (QED) is 0.812. The number of carbonyl (C=O) groups is 1. The van der Waals surface area contributed by atoms with E-state index >= 15 is 0 Å². The molecule has 2 atom stereocenters. The van der Waals surface area contributed by atoms with Crippen LogP contribution >= 0.6 is 0 Å². The summed E-state index contributed by atoms with van der Waals surface area (Å²) in [7, 11) is 1.38. The first-order valence-corrected chi connectivity index (χ1v) is 6.54. The number of hydrogen-bond donors (Lipinski definition) is 2. The Kier molecular flexibility index (Phi) is 3.92. The molecule has 0 amide bonds. The zero-order valence-corrected chi connectivity index (χ0v) is 11.6. The Labute approximate surface area is 113 Å². The van der Waals surface area contributed by atoms with E-state index < -0.39 is 0 Å². The van der Waals surface area contributed by atoms with E-state index in [1.54, 1.807) is 12.1 Å².